The van der Waals surface area contributed by atoms with Crippen molar-refractivity contribution in [3.8, 4) is 22.9 Å². The van der Waals surface area contributed by atoms with Crippen LogP contribution in [0.1, 0.15) is 12.0 Å². The summed E-state index contributed by atoms with van der Waals surface area (Å²) >= 11 is 0. The first-order valence-electron chi connectivity index (χ1n) is 9.86. The van der Waals surface area contributed by atoms with Crippen LogP contribution >= 0.6 is 0 Å². The summed E-state index contributed by atoms with van der Waals surface area (Å²) in [5.41, 5.74) is 8.37. The van der Waals surface area contributed by atoms with E-state index in [0.717, 1.165) is 16.3 Å². The maximum Gasteiger partial charge on any atom is 0.390 e. The molecule has 0 atom stereocenters. The average molecular weight is 439 g/mol. The second kappa shape index (κ2) is 8.70. The lowest BCUT2D eigenvalue weighted by atomic mass is 10.0. The molecule has 4 rings (SSSR count). The van der Waals surface area contributed by atoms with Gasteiger partial charge in [0, 0.05) is 35.4 Å². The third-order valence-corrected chi connectivity index (χ3v) is 4.85. The van der Waals surface area contributed by atoms with Gasteiger partial charge in [-0.3, -0.25) is 0 Å². The molecule has 0 spiro atoms. The van der Waals surface area contributed by atoms with Crippen LogP contribution in [-0.2, 0) is 0 Å². The summed E-state index contributed by atoms with van der Waals surface area (Å²) in [6.45, 7) is 1.68. The van der Waals surface area contributed by atoms with Gasteiger partial charge in [-0.25, -0.2) is 15.0 Å². The SMILES string of the molecule is Cc1ccc2c(NCCC(F)(F)F)cccc2c1Oc1ncccc1-c1ccnc(N)n1. The van der Waals surface area contributed by atoms with Crippen LogP contribution in [-0.4, -0.2) is 27.7 Å². The van der Waals surface area contributed by atoms with Crippen LogP contribution in [0.3, 0.4) is 0 Å². The van der Waals surface area contributed by atoms with E-state index in [1.54, 1.807) is 36.7 Å². The molecule has 0 aliphatic heterocycles. The fraction of sp³-hybridized carbons (Fsp3) is 0.174. The first kappa shape index (κ1) is 21.4. The first-order valence-corrected chi connectivity index (χ1v) is 9.86. The van der Waals surface area contributed by atoms with Crippen molar-refractivity contribution < 1.29 is 17.9 Å². The van der Waals surface area contributed by atoms with Crippen molar-refractivity contribution in [2.24, 2.45) is 0 Å². The molecule has 0 unspecified atom stereocenters. The minimum Gasteiger partial charge on any atom is -0.437 e. The summed E-state index contributed by atoms with van der Waals surface area (Å²) < 4.78 is 43.9. The maximum absolute atomic E-state index is 12.6. The van der Waals surface area contributed by atoms with Crippen molar-refractivity contribution in [3.05, 3.63) is 66.5 Å². The number of anilines is 2. The van der Waals surface area contributed by atoms with Crippen molar-refractivity contribution in [2.45, 2.75) is 19.5 Å². The zero-order valence-electron chi connectivity index (χ0n) is 17.1. The summed E-state index contributed by atoms with van der Waals surface area (Å²) in [4.78, 5) is 12.5. The molecule has 0 saturated carbocycles. The van der Waals surface area contributed by atoms with Crippen molar-refractivity contribution in [2.75, 3.05) is 17.6 Å². The van der Waals surface area contributed by atoms with E-state index in [2.05, 4.69) is 20.3 Å². The van der Waals surface area contributed by atoms with Gasteiger partial charge in [-0.1, -0.05) is 24.3 Å². The van der Waals surface area contributed by atoms with E-state index in [1.807, 2.05) is 31.2 Å². The summed E-state index contributed by atoms with van der Waals surface area (Å²) in [5, 5.41) is 4.38. The second-order valence-corrected chi connectivity index (χ2v) is 7.16. The second-order valence-electron chi connectivity index (χ2n) is 7.16. The van der Waals surface area contributed by atoms with Crippen molar-refractivity contribution in [1.82, 2.24) is 15.0 Å². The van der Waals surface area contributed by atoms with Gasteiger partial charge in [0.05, 0.1) is 17.7 Å². The van der Waals surface area contributed by atoms with Gasteiger partial charge in [-0.15, -0.1) is 0 Å². The minimum absolute atomic E-state index is 0.133. The smallest absolute Gasteiger partial charge is 0.390 e. The molecular formula is C23H20F3N5O. The molecule has 32 heavy (non-hydrogen) atoms. The van der Waals surface area contributed by atoms with Crippen LogP contribution in [0.2, 0.25) is 0 Å². The van der Waals surface area contributed by atoms with Gasteiger partial charge in [0.2, 0.25) is 11.8 Å². The molecule has 2 heterocycles. The van der Waals surface area contributed by atoms with Gasteiger partial charge in [-0.05, 0) is 36.8 Å². The van der Waals surface area contributed by atoms with E-state index in [4.69, 9.17) is 10.5 Å². The fourth-order valence-corrected chi connectivity index (χ4v) is 3.36. The highest BCUT2D eigenvalue weighted by molar-refractivity contribution is 5.98. The topological polar surface area (TPSA) is 86.0 Å². The molecule has 3 N–H and O–H groups in total. The molecule has 0 fully saturated rings. The molecule has 6 nitrogen and oxygen atoms in total. The highest BCUT2D eigenvalue weighted by Crippen LogP contribution is 2.38. The Morgan fingerprint density at radius 1 is 0.969 bits per heavy atom. The van der Waals surface area contributed by atoms with Crippen LogP contribution < -0.4 is 15.8 Å². The zero-order chi connectivity index (χ0) is 22.7. The number of aryl methyl sites for hydroxylation is 1. The van der Waals surface area contributed by atoms with E-state index in [9.17, 15) is 13.2 Å². The Kier molecular flexibility index (Phi) is 5.81. The number of nitrogen functional groups attached to an aromatic ring is 1. The van der Waals surface area contributed by atoms with E-state index in [1.165, 1.54) is 0 Å². The molecule has 0 saturated heterocycles. The van der Waals surface area contributed by atoms with Gasteiger partial charge >= 0.3 is 6.18 Å². The fourth-order valence-electron chi connectivity index (χ4n) is 3.36. The van der Waals surface area contributed by atoms with Crippen LogP contribution in [0.4, 0.5) is 24.8 Å². The standard InChI is InChI=1S/C23H20F3N5O/c1-14-7-8-15-16(4-2-6-18(15)28-13-10-23(24,25)26)20(14)32-21-17(5-3-11-29-21)19-9-12-30-22(27)31-19/h2-9,11-12,28H,10,13H2,1H3,(H2,27,30,31). The maximum atomic E-state index is 12.6. The molecule has 0 aliphatic rings. The predicted molar refractivity (Wildman–Crippen MR) is 118 cm³/mol. The van der Waals surface area contributed by atoms with Crippen LogP contribution in [0.25, 0.3) is 22.0 Å². The Labute approximate surface area is 182 Å². The number of ether oxygens (including phenoxy) is 1. The van der Waals surface area contributed by atoms with Gasteiger partial charge in [0.25, 0.3) is 0 Å². The number of aromatic nitrogens is 3. The molecule has 0 bridgehead atoms. The highest BCUT2D eigenvalue weighted by atomic mass is 19.4. The number of rotatable bonds is 6. The molecule has 0 aliphatic carbocycles. The number of benzene rings is 2. The molecule has 164 valence electrons. The van der Waals surface area contributed by atoms with Crippen LogP contribution in [0, 0.1) is 6.92 Å². The first-order chi connectivity index (χ1) is 15.3. The number of hydrogen-bond donors (Lipinski definition) is 2. The molecule has 2 aromatic carbocycles. The Hall–Kier alpha value is -3.88. The Morgan fingerprint density at radius 3 is 2.59 bits per heavy atom. The number of pyridine rings is 1. The lowest BCUT2D eigenvalue weighted by molar-refractivity contribution is -0.131. The summed E-state index contributed by atoms with van der Waals surface area (Å²) in [6.07, 6.45) is -1.98. The number of nitrogens with two attached hydrogens (primary N) is 1. The number of halogens is 3. The molecule has 2 aromatic heterocycles. The Bertz CT molecular complexity index is 1260. The molecule has 0 radical (unpaired) electrons. The number of nitrogens with one attached hydrogen (secondary N) is 1. The van der Waals surface area contributed by atoms with Gasteiger partial charge in [0.15, 0.2) is 0 Å². The quantitative estimate of drug-likeness (QED) is 0.399. The van der Waals surface area contributed by atoms with Crippen LogP contribution in [0.5, 0.6) is 11.6 Å². The highest BCUT2D eigenvalue weighted by Gasteiger charge is 2.26. The van der Waals surface area contributed by atoms with Crippen molar-refractivity contribution in [3.63, 3.8) is 0 Å². The van der Waals surface area contributed by atoms with Gasteiger partial charge in [-0.2, -0.15) is 13.2 Å². The number of nitrogens with zero attached hydrogens (tertiary/aromatic N) is 3. The number of hydrogen-bond acceptors (Lipinski definition) is 6. The summed E-state index contributed by atoms with van der Waals surface area (Å²) in [6, 6.07) is 14.4. The lowest BCUT2D eigenvalue weighted by Gasteiger charge is -2.16. The third-order valence-electron chi connectivity index (χ3n) is 4.85. The normalized spacial score (nSPS) is 11.5. The van der Waals surface area contributed by atoms with Crippen molar-refractivity contribution in [1.29, 1.82) is 0 Å². The predicted octanol–water partition coefficient (Wildman–Crippen LogP) is 5.74. The minimum atomic E-state index is -4.22. The lowest BCUT2D eigenvalue weighted by Crippen LogP contribution is -2.14. The molecule has 9 heteroatoms. The average Bonchev–Trinajstić information content (AvgIpc) is 2.75. The van der Waals surface area contributed by atoms with E-state index in [0.29, 0.717) is 28.6 Å². The molecule has 0 amide bonds. The van der Waals surface area contributed by atoms with Crippen molar-refractivity contribution >= 4 is 22.4 Å². The van der Waals surface area contributed by atoms with E-state index >= 15 is 0 Å². The van der Waals surface area contributed by atoms with E-state index in [-0.39, 0.29) is 12.5 Å². The largest absolute Gasteiger partial charge is 0.437 e. The monoisotopic (exact) mass is 439 g/mol. The summed E-state index contributed by atoms with van der Waals surface area (Å²) in [7, 11) is 0. The molecular weight excluding hydrogens is 419 g/mol. The molecule has 4 aromatic rings. The summed E-state index contributed by atoms with van der Waals surface area (Å²) in [5.74, 6) is 1.02. The number of alkyl halides is 3. The Balaban J connectivity index is 1.72. The zero-order valence-corrected chi connectivity index (χ0v) is 17.1. The number of fused-ring (bicyclic) bond motifs is 1. The van der Waals surface area contributed by atoms with E-state index < -0.39 is 12.6 Å². The third kappa shape index (κ3) is 4.72. The van der Waals surface area contributed by atoms with Crippen LogP contribution in [0.15, 0.2) is 60.9 Å². The van der Waals surface area contributed by atoms with Gasteiger partial charge in [0.1, 0.15) is 5.75 Å². The van der Waals surface area contributed by atoms with Gasteiger partial charge < -0.3 is 15.8 Å². The Morgan fingerprint density at radius 2 is 1.81 bits per heavy atom.